The highest BCUT2D eigenvalue weighted by Gasteiger charge is 2.24. The lowest BCUT2D eigenvalue weighted by Gasteiger charge is -2.24. The van der Waals surface area contributed by atoms with Crippen LogP contribution in [0.3, 0.4) is 0 Å². The third kappa shape index (κ3) is 3.85. The fourth-order valence-corrected chi connectivity index (χ4v) is 3.52. The topological polar surface area (TPSA) is 0 Å². The SMILES string of the molecule is [B]1CCC(C2CCCCCCCCC2)C1. The van der Waals surface area contributed by atoms with E-state index < -0.39 is 0 Å². The zero-order valence-corrected chi connectivity index (χ0v) is 10.2. The zero-order chi connectivity index (χ0) is 10.3. The highest BCUT2D eigenvalue weighted by Crippen LogP contribution is 2.35. The van der Waals surface area contributed by atoms with Crippen LogP contribution in [0, 0.1) is 11.8 Å². The molecule has 1 unspecified atom stereocenters. The Kier molecular flexibility index (Phi) is 5.08. The van der Waals surface area contributed by atoms with Gasteiger partial charge in [0.2, 0.25) is 0 Å². The van der Waals surface area contributed by atoms with Crippen LogP contribution in [0.1, 0.15) is 64.2 Å². The summed E-state index contributed by atoms with van der Waals surface area (Å²) < 4.78 is 0. The van der Waals surface area contributed by atoms with Crippen molar-refractivity contribution in [3.8, 4) is 0 Å². The fourth-order valence-electron chi connectivity index (χ4n) is 3.52. The van der Waals surface area contributed by atoms with Crippen molar-refractivity contribution in [1.29, 1.82) is 0 Å². The Bertz CT molecular complexity index is 151. The Morgan fingerprint density at radius 3 is 1.73 bits per heavy atom. The number of hydrogen-bond donors (Lipinski definition) is 0. The maximum absolute atomic E-state index is 2.53. The Balaban J connectivity index is 1.78. The minimum Gasteiger partial charge on any atom is -0.0801 e. The van der Waals surface area contributed by atoms with E-state index in [1.807, 2.05) is 0 Å². The maximum Gasteiger partial charge on any atom is 0.109 e. The lowest BCUT2D eigenvalue weighted by atomic mass is 9.73. The highest BCUT2D eigenvalue weighted by atomic mass is 14.3. The summed E-state index contributed by atoms with van der Waals surface area (Å²) in [6.45, 7) is 0. The predicted octanol–water partition coefficient (Wildman–Crippen LogP) is 4.69. The van der Waals surface area contributed by atoms with E-state index in [1.165, 1.54) is 64.0 Å². The molecule has 1 heterocycles. The summed E-state index contributed by atoms with van der Waals surface area (Å²) in [7, 11) is 2.53. The molecule has 1 saturated heterocycles. The van der Waals surface area contributed by atoms with Crippen molar-refractivity contribution in [3.63, 3.8) is 0 Å². The van der Waals surface area contributed by atoms with E-state index in [-0.39, 0.29) is 0 Å². The lowest BCUT2D eigenvalue weighted by molar-refractivity contribution is 0.291. The van der Waals surface area contributed by atoms with Gasteiger partial charge in [0.25, 0.3) is 0 Å². The van der Waals surface area contributed by atoms with E-state index in [0.29, 0.717) is 0 Å². The molecule has 0 nitrogen and oxygen atoms in total. The lowest BCUT2D eigenvalue weighted by Crippen LogP contribution is -2.12. The molecule has 2 fully saturated rings. The van der Waals surface area contributed by atoms with E-state index in [4.69, 9.17) is 0 Å². The third-order valence-corrected chi connectivity index (χ3v) is 4.53. The van der Waals surface area contributed by atoms with Crippen LogP contribution in [0.5, 0.6) is 0 Å². The number of hydrogen-bond acceptors (Lipinski definition) is 0. The second-order valence-electron chi connectivity index (χ2n) is 5.67. The van der Waals surface area contributed by atoms with Crippen LogP contribution in [0.2, 0.25) is 12.6 Å². The van der Waals surface area contributed by atoms with Crippen molar-refractivity contribution >= 4 is 7.28 Å². The molecule has 0 spiro atoms. The van der Waals surface area contributed by atoms with E-state index in [1.54, 1.807) is 12.8 Å². The zero-order valence-electron chi connectivity index (χ0n) is 10.2. The molecule has 0 N–H and O–H groups in total. The van der Waals surface area contributed by atoms with Crippen LogP contribution in [0.4, 0.5) is 0 Å². The quantitative estimate of drug-likeness (QED) is 0.545. The molecule has 2 aliphatic rings. The second kappa shape index (κ2) is 6.61. The van der Waals surface area contributed by atoms with Gasteiger partial charge in [0.1, 0.15) is 7.28 Å². The Labute approximate surface area is 96.5 Å². The average Bonchev–Trinajstić information content (AvgIpc) is 2.79. The normalized spacial score (nSPS) is 31.1. The minimum absolute atomic E-state index is 1.07. The molecule has 0 aromatic heterocycles. The minimum atomic E-state index is 1.07. The van der Waals surface area contributed by atoms with Gasteiger partial charge in [-0.3, -0.25) is 0 Å². The van der Waals surface area contributed by atoms with Gasteiger partial charge < -0.3 is 0 Å². The van der Waals surface area contributed by atoms with Crippen LogP contribution in [0.25, 0.3) is 0 Å². The molecule has 0 bridgehead atoms. The molecule has 15 heavy (non-hydrogen) atoms. The first-order valence-corrected chi connectivity index (χ1v) is 7.28. The number of rotatable bonds is 1. The van der Waals surface area contributed by atoms with Crippen LogP contribution in [0.15, 0.2) is 0 Å². The van der Waals surface area contributed by atoms with Gasteiger partial charge in [-0.25, -0.2) is 0 Å². The molecule has 1 radical (unpaired) electrons. The van der Waals surface area contributed by atoms with Crippen LogP contribution < -0.4 is 0 Å². The van der Waals surface area contributed by atoms with E-state index in [9.17, 15) is 0 Å². The fraction of sp³-hybridized carbons (Fsp3) is 1.00. The van der Waals surface area contributed by atoms with Crippen molar-refractivity contribution in [2.45, 2.75) is 76.8 Å². The smallest absolute Gasteiger partial charge is 0.0801 e. The first-order chi connectivity index (χ1) is 7.47. The molecule has 1 heteroatoms. The van der Waals surface area contributed by atoms with Crippen molar-refractivity contribution in [1.82, 2.24) is 0 Å². The van der Waals surface area contributed by atoms with Crippen LogP contribution in [-0.4, -0.2) is 7.28 Å². The molecule has 0 amide bonds. The summed E-state index contributed by atoms with van der Waals surface area (Å²) in [5, 5.41) is 0. The second-order valence-corrected chi connectivity index (χ2v) is 5.67. The Morgan fingerprint density at radius 1 is 0.600 bits per heavy atom. The van der Waals surface area contributed by atoms with E-state index in [2.05, 4.69) is 7.28 Å². The standard InChI is InChI=1S/C14H26B/c1-2-4-6-8-13(9-7-5-3-1)14-10-11-15-12-14/h13-14H,1-12H2. The summed E-state index contributed by atoms with van der Waals surface area (Å²) in [5.41, 5.74) is 0. The first-order valence-electron chi connectivity index (χ1n) is 7.28. The largest absolute Gasteiger partial charge is 0.109 e. The van der Waals surface area contributed by atoms with Crippen molar-refractivity contribution in [2.24, 2.45) is 11.8 Å². The van der Waals surface area contributed by atoms with Gasteiger partial charge in [-0.15, -0.1) is 0 Å². The summed E-state index contributed by atoms with van der Waals surface area (Å²) >= 11 is 0. The first kappa shape index (κ1) is 11.5. The van der Waals surface area contributed by atoms with Crippen molar-refractivity contribution in [2.75, 3.05) is 0 Å². The highest BCUT2D eigenvalue weighted by molar-refractivity contribution is 6.36. The molecule has 85 valence electrons. The third-order valence-electron chi connectivity index (χ3n) is 4.53. The van der Waals surface area contributed by atoms with Crippen LogP contribution >= 0.6 is 0 Å². The molecular weight excluding hydrogens is 179 g/mol. The molecule has 2 rings (SSSR count). The summed E-state index contributed by atoms with van der Waals surface area (Å²) in [6, 6.07) is 0. The van der Waals surface area contributed by atoms with Crippen molar-refractivity contribution < 1.29 is 0 Å². The summed E-state index contributed by atoms with van der Waals surface area (Å²) in [5.74, 6) is 2.16. The molecule has 0 aromatic carbocycles. The molecular formula is C14H26B. The molecule has 0 aromatic rings. The van der Waals surface area contributed by atoms with Gasteiger partial charge in [-0.05, 0) is 11.8 Å². The van der Waals surface area contributed by atoms with E-state index >= 15 is 0 Å². The maximum atomic E-state index is 2.53. The summed E-state index contributed by atoms with van der Waals surface area (Å²) in [4.78, 5) is 0. The van der Waals surface area contributed by atoms with E-state index in [0.717, 1.165) is 11.8 Å². The average molecular weight is 205 g/mol. The van der Waals surface area contributed by atoms with Gasteiger partial charge in [0.05, 0.1) is 0 Å². The van der Waals surface area contributed by atoms with Crippen LogP contribution in [-0.2, 0) is 0 Å². The monoisotopic (exact) mass is 205 g/mol. The predicted molar refractivity (Wildman–Crippen MR) is 68.5 cm³/mol. The summed E-state index contributed by atoms with van der Waals surface area (Å²) in [6.07, 6.45) is 18.0. The molecule has 1 saturated carbocycles. The molecule has 1 atom stereocenters. The van der Waals surface area contributed by atoms with Gasteiger partial charge in [-0.1, -0.05) is 76.8 Å². The molecule has 1 aliphatic carbocycles. The van der Waals surface area contributed by atoms with Crippen molar-refractivity contribution in [3.05, 3.63) is 0 Å². The van der Waals surface area contributed by atoms with Gasteiger partial charge >= 0.3 is 0 Å². The van der Waals surface area contributed by atoms with Gasteiger partial charge in [0.15, 0.2) is 0 Å². The van der Waals surface area contributed by atoms with Gasteiger partial charge in [-0.2, -0.15) is 0 Å². The van der Waals surface area contributed by atoms with Gasteiger partial charge in [0, 0.05) is 0 Å². The Hall–Kier alpha value is 0.0649. The molecule has 1 aliphatic heterocycles. The Morgan fingerprint density at radius 2 is 1.20 bits per heavy atom.